The van der Waals surface area contributed by atoms with Crippen LogP contribution in [0.25, 0.3) is 0 Å². The number of benzene rings is 2. The van der Waals surface area contributed by atoms with Crippen LogP contribution in [0.2, 0.25) is 5.02 Å². The van der Waals surface area contributed by atoms with Gasteiger partial charge in [-0.3, -0.25) is 9.69 Å². The van der Waals surface area contributed by atoms with Crippen molar-refractivity contribution in [2.45, 2.75) is 19.8 Å². The number of nitrogens with two attached hydrogens (primary N) is 1. The van der Waals surface area contributed by atoms with E-state index in [0.29, 0.717) is 48.1 Å². The van der Waals surface area contributed by atoms with Gasteiger partial charge in [-0.1, -0.05) is 55.8 Å². The number of carbonyl (C=O) groups excluding carboxylic acids is 3. The van der Waals surface area contributed by atoms with Crippen LogP contribution in [-0.2, 0) is 23.9 Å². The van der Waals surface area contributed by atoms with Crippen molar-refractivity contribution in [3.8, 4) is 6.07 Å². The second kappa shape index (κ2) is 12.4. The van der Waals surface area contributed by atoms with Gasteiger partial charge in [0.05, 0.1) is 48.7 Å². The molecule has 0 aliphatic carbocycles. The molecule has 1 saturated heterocycles. The van der Waals surface area contributed by atoms with Gasteiger partial charge < -0.3 is 25.0 Å². The third-order valence-electron chi connectivity index (χ3n) is 7.21. The van der Waals surface area contributed by atoms with Crippen molar-refractivity contribution in [3.05, 3.63) is 81.8 Å². The van der Waals surface area contributed by atoms with Crippen molar-refractivity contribution in [1.82, 2.24) is 4.90 Å². The molecule has 10 nitrogen and oxygen atoms in total. The van der Waals surface area contributed by atoms with Gasteiger partial charge in [0.15, 0.2) is 0 Å². The molecule has 41 heavy (non-hydrogen) atoms. The van der Waals surface area contributed by atoms with E-state index in [2.05, 4.69) is 6.07 Å². The number of anilines is 2. The molecule has 214 valence electrons. The highest BCUT2D eigenvalue weighted by Crippen LogP contribution is 2.46. The Morgan fingerprint density at radius 2 is 1.61 bits per heavy atom. The number of nitrogens with zero attached hydrogens (tertiary/aromatic N) is 4. The highest BCUT2D eigenvalue weighted by molar-refractivity contribution is 6.31. The van der Waals surface area contributed by atoms with Crippen LogP contribution in [0.15, 0.2) is 71.2 Å². The zero-order chi connectivity index (χ0) is 29.8. The third-order valence-corrected chi connectivity index (χ3v) is 7.45. The zero-order valence-corrected chi connectivity index (χ0v) is 24.1. The first-order chi connectivity index (χ1) is 19.6. The van der Waals surface area contributed by atoms with Crippen molar-refractivity contribution in [2.24, 2.45) is 11.7 Å². The summed E-state index contributed by atoms with van der Waals surface area (Å²) in [7, 11) is 2.40. The summed E-state index contributed by atoms with van der Waals surface area (Å²) in [6, 6.07) is 16.1. The summed E-state index contributed by atoms with van der Waals surface area (Å²) < 4.78 is 10.3. The fourth-order valence-corrected chi connectivity index (χ4v) is 5.41. The van der Waals surface area contributed by atoms with Crippen LogP contribution in [0.3, 0.4) is 0 Å². The number of halogens is 1. The summed E-state index contributed by atoms with van der Waals surface area (Å²) in [5, 5.41) is 10.7. The molecule has 0 saturated carbocycles. The maximum atomic E-state index is 13.5. The van der Waals surface area contributed by atoms with Gasteiger partial charge in [0.1, 0.15) is 11.5 Å². The van der Waals surface area contributed by atoms with Gasteiger partial charge in [0.2, 0.25) is 5.91 Å². The largest absolute Gasteiger partial charge is 0.466 e. The maximum Gasteiger partial charge on any atom is 0.355 e. The highest BCUT2D eigenvalue weighted by atomic mass is 35.5. The third kappa shape index (κ3) is 5.58. The van der Waals surface area contributed by atoms with E-state index in [1.54, 1.807) is 48.5 Å². The van der Waals surface area contributed by atoms with E-state index in [9.17, 15) is 19.6 Å². The molecule has 1 atom stereocenters. The number of rotatable bonds is 6. The standard InChI is InChI=1S/C30H32ClN5O5/c1-18(2)28(37)35-14-12-34(13-15-35)22-11-10-20(31)16-23(22)36-26(30(39)41-4)25(29(38)40-3)24(21(17-32)27(36)33)19-8-6-5-7-9-19/h5-11,16,18,24H,12-15,33H2,1-4H3. The van der Waals surface area contributed by atoms with Crippen LogP contribution in [-0.4, -0.2) is 63.1 Å². The quantitative estimate of drug-likeness (QED) is 0.512. The number of ether oxygens (including phenoxy) is 2. The molecule has 4 rings (SSSR count). The molecule has 2 aromatic rings. The Labute approximate surface area is 244 Å². The lowest BCUT2D eigenvalue weighted by atomic mass is 9.81. The fraction of sp³-hybridized carbons (Fsp3) is 0.333. The minimum atomic E-state index is -0.979. The van der Waals surface area contributed by atoms with Crippen LogP contribution in [0, 0.1) is 17.2 Å². The molecule has 0 spiro atoms. The first-order valence-electron chi connectivity index (χ1n) is 13.1. The first-order valence-corrected chi connectivity index (χ1v) is 13.5. The molecule has 2 aromatic carbocycles. The molecular weight excluding hydrogens is 546 g/mol. The topological polar surface area (TPSA) is 129 Å². The second-order valence-electron chi connectivity index (χ2n) is 9.94. The Morgan fingerprint density at radius 3 is 2.17 bits per heavy atom. The van der Waals surface area contributed by atoms with Gasteiger partial charge in [-0.05, 0) is 23.8 Å². The Hall–Kier alpha value is -4.49. The van der Waals surface area contributed by atoms with Crippen LogP contribution < -0.4 is 15.5 Å². The van der Waals surface area contributed by atoms with Crippen molar-refractivity contribution in [2.75, 3.05) is 50.2 Å². The molecule has 2 heterocycles. The molecule has 11 heteroatoms. The number of carbonyl (C=O) groups is 3. The van der Waals surface area contributed by atoms with Crippen LogP contribution in [0.4, 0.5) is 11.4 Å². The van der Waals surface area contributed by atoms with E-state index >= 15 is 0 Å². The van der Waals surface area contributed by atoms with Crippen LogP contribution in [0.5, 0.6) is 0 Å². The van der Waals surface area contributed by atoms with Gasteiger partial charge in [-0.15, -0.1) is 0 Å². The van der Waals surface area contributed by atoms with Gasteiger partial charge in [-0.25, -0.2) is 9.59 Å². The summed E-state index contributed by atoms with van der Waals surface area (Å²) in [6.45, 7) is 5.74. The summed E-state index contributed by atoms with van der Waals surface area (Å²) in [6.07, 6.45) is 0. The Balaban J connectivity index is 1.93. The van der Waals surface area contributed by atoms with Gasteiger partial charge >= 0.3 is 11.9 Å². The Morgan fingerprint density at radius 1 is 0.976 bits per heavy atom. The predicted molar refractivity (Wildman–Crippen MR) is 155 cm³/mol. The monoisotopic (exact) mass is 577 g/mol. The number of hydrogen-bond acceptors (Lipinski definition) is 9. The van der Waals surface area contributed by atoms with E-state index in [0.717, 1.165) is 0 Å². The average molecular weight is 578 g/mol. The average Bonchev–Trinajstić information content (AvgIpc) is 2.99. The molecule has 1 amide bonds. The number of hydrogen-bond donors (Lipinski definition) is 1. The zero-order valence-electron chi connectivity index (χ0n) is 23.4. The van der Waals surface area contributed by atoms with E-state index in [4.69, 9.17) is 26.8 Å². The SMILES string of the molecule is COC(=O)C1=C(C(=O)OC)N(c2cc(Cl)ccc2N2CCN(C(=O)C(C)C)CC2)C(N)=C(C#N)C1c1ccccc1. The molecule has 1 unspecified atom stereocenters. The molecule has 2 N–H and O–H groups in total. The highest BCUT2D eigenvalue weighted by Gasteiger charge is 2.44. The van der Waals surface area contributed by atoms with Gasteiger partial charge in [0.25, 0.3) is 0 Å². The minimum absolute atomic E-state index is 0.0495. The predicted octanol–water partition coefficient (Wildman–Crippen LogP) is 3.54. The first kappa shape index (κ1) is 29.5. The molecule has 0 radical (unpaired) electrons. The number of nitriles is 1. The lowest BCUT2D eigenvalue weighted by molar-refractivity contribution is -0.139. The number of amides is 1. The van der Waals surface area contributed by atoms with E-state index in [-0.39, 0.29) is 34.5 Å². The number of piperazine rings is 1. The minimum Gasteiger partial charge on any atom is -0.466 e. The number of methoxy groups -OCH3 is 2. The number of allylic oxidation sites excluding steroid dienone is 1. The summed E-state index contributed by atoms with van der Waals surface area (Å²) >= 11 is 6.46. The maximum absolute atomic E-state index is 13.5. The van der Waals surface area contributed by atoms with Crippen LogP contribution in [0.1, 0.15) is 25.3 Å². The molecule has 0 aromatic heterocycles. The van der Waals surface area contributed by atoms with Crippen molar-refractivity contribution < 1.29 is 23.9 Å². The normalized spacial score (nSPS) is 17.5. The molecule has 2 aliphatic heterocycles. The molecular formula is C30H32ClN5O5. The second-order valence-corrected chi connectivity index (χ2v) is 10.4. The van der Waals surface area contributed by atoms with Crippen molar-refractivity contribution in [1.29, 1.82) is 5.26 Å². The van der Waals surface area contributed by atoms with E-state index < -0.39 is 17.9 Å². The lowest BCUT2D eigenvalue weighted by Crippen LogP contribution is -2.50. The van der Waals surface area contributed by atoms with Crippen molar-refractivity contribution >= 4 is 40.8 Å². The fourth-order valence-electron chi connectivity index (χ4n) is 5.24. The van der Waals surface area contributed by atoms with Crippen LogP contribution >= 0.6 is 11.6 Å². The smallest absolute Gasteiger partial charge is 0.355 e. The summed E-state index contributed by atoms with van der Waals surface area (Å²) in [5.74, 6) is -2.72. The summed E-state index contributed by atoms with van der Waals surface area (Å²) in [5.41, 5.74) is 8.09. The van der Waals surface area contributed by atoms with Crippen molar-refractivity contribution in [3.63, 3.8) is 0 Å². The summed E-state index contributed by atoms with van der Waals surface area (Å²) in [4.78, 5) is 44.6. The van der Waals surface area contributed by atoms with Gasteiger partial charge in [-0.2, -0.15) is 5.26 Å². The Bertz CT molecular complexity index is 1460. The van der Waals surface area contributed by atoms with E-state index in [1.807, 2.05) is 23.6 Å². The molecule has 1 fully saturated rings. The molecule has 0 bridgehead atoms. The Kier molecular flexibility index (Phi) is 8.89. The lowest BCUT2D eigenvalue weighted by Gasteiger charge is -2.41. The molecule has 2 aliphatic rings. The van der Waals surface area contributed by atoms with Gasteiger partial charge in [0, 0.05) is 37.1 Å². The number of esters is 2. The van der Waals surface area contributed by atoms with E-state index in [1.165, 1.54) is 19.1 Å².